The molecule has 3 amide bonds. The lowest BCUT2D eigenvalue weighted by molar-refractivity contribution is 0.0682. The molecule has 2 atom stereocenters. The molecule has 3 fully saturated rings. The van der Waals surface area contributed by atoms with Crippen molar-refractivity contribution in [2.45, 2.75) is 43.8 Å². The molecule has 2 unspecified atom stereocenters. The number of fused-ring (bicyclic) bond motifs is 2. The van der Waals surface area contributed by atoms with Crippen LogP contribution in [0, 0.1) is 0 Å². The van der Waals surface area contributed by atoms with Crippen LogP contribution < -0.4 is 15.5 Å². The minimum Gasteiger partial charge on any atom is -0.339 e. The molecular formula is C18H23ClN4O2. The Morgan fingerprint density at radius 1 is 1.28 bits per heavy atom. The maximum Gasteiger partial charge on any atom is 0.321 e. The molecule has 3 aliphatic rings. The van der Waals surface area contributed by atoms with Crippen molar-refractivity contribution < 1.29 is 9.59 Å². The van der Waals surface area contributed by atoms with Crippen LogP contribution in [0.15, 0.2) is 18.2 Å². The van der Waals surface area contributed by atoms with Crippen LogP contribution in [-0.4, -0.2) is 55.1 Å². The van der Waals surface area contributed by atoms with E-state index >= 15 is 0 Å². The minimum atomic E-state index is -0.135. The molecule has 134 valence electrons. The first-order valence-corrected chi connectivity index (χ1v) is 9.29. The lowest BCUT2D eigenvalue weighted by Crippen LogP contribution is -2.48. The molecule has 0 aliphatic carbocycles. The first-order valence-electron chi connectivity index (χ1n) is 8.91. The summed E-state index contributed by atoms with van der Waals surface area (Å²) >= 11 is 6.31. The van der Waals surface area contributed by atoms with E-state index in [1.807, 2.05) is 11.9 Å². The zero-order valence-electron chi connectivity index (χ0n) is 14.3. The van der Waals surface area contributed by atoms with Gasteiger partial charge in [-0.15, -0.1) is 0 Å². The summed E-state index contributed by atoms with van der Waals surface area (Å²) in [5.74, 6) is -0.0715. The number of urea groups is 1. The molecule has 3 saturated heterocycles. The Labute approximate surface area is 152 Å². The highest BCUT2D eigenvalue weighted by molar-refractivity contribution is 6.34. The summed E-state index contributed by atoms with van der Waals surface area (Å²) < 4.78 is 0. The minimum absolute atomic E-state index is 0.0715. The van der Waals surface area contributed by atoms with Crippen LogP contribution in [0.3, 0.4) is 0 Å². The number of rotatable bonds is 3. The number of hydrogen-bond acceptors (Lipinski definition) is 3. The molecule has 1 aromatic rings. The predicted octanol–water partition coefficient (Wildman–Crippen LogP) is 2.22. The summed E-state index contributed by atoms with van der Waals surface area (Å²) in [5, 5.41) is 6.80. The summed E-state index contributed by atoms with van der Waals surface area (Å²) in [6.45, 7) is 1.21. The molecule has 2 N–H and O–H groups in total. The first-order chi connectivity index (χ1) is 12.0. The van der Waals surface area contributed by atoms with E-state index in [0.717, 1.165) is 12.8 Å². The van der Waals surface area contributed by atoms with Gasteiger partial charge in [-0.05, 0) is 43.9 Å². The standard InChI is InChI=1S/C18H23ClN4O2/c1-22(14-8-11-2-3-12(9-14)21-11)17(24)15-10-13(4-5-16(15)19)23-7-6-20-18(23)25/h4-5,10-12,14,21H,2-3,6-9H2,1H3,(H,20,25). The number of carbonyl (C=O) groups excluding carboxylic acids is 2. The topological polar surface area (TPSA) is 64.7 Å². The van der Waals surface area contributed by atoms with Crippen molar-refractivity contribution in [1.29, 1.82) is 0 Å². The molecule has 4 rings (SSSR count). The third-order valence-electron chi connectivity index (χ3n) is 5.67. The number of benzene rings is 1. The van der Waals surface area contributed by atoms with Crippen LogP contribution in [0.2, 0.25) is 5.02 Å². The van der Waals surface area contributed by atoms with Gasteiger partial charge < -0.3 is 15.5 Å². The third kappa shape index (κ3) is 3.09. The second-order valence-electron chi connectivity index (χ2n) is 7.23. The highest BCUT2D eigenvalue weighted by Gasteiger charge is 2.37. The Balaban J connectivity index is 1.55. The summed E-state index contributed by atoms with van der Waals surface area (Å²) in [6, 6.07) is 6.37. The van der Waals surface area contributed by atoms with Gasteiger partial charge in [0, 0.05) is 44.0 Å². The second-order valence-corrected chi connectivity index (χ2v) is 7.63. The number of piperidine rings is 1. The molecule has 3 heterocycles. The van der Waals surface area contributed by atoms with Crippen molar-refractivity contribution in [3.8, 4) is 0 Å². The monoisotopic (exact) mass is 362 g/mol. The van der Waals surface area contributed by atoms with Crippen molar-refractivity contribution in [1.82, 2.24) is 15.5 Å². The van der Waals surface area contributed by atoms with Gasteiger partial charge in [-0.2, -0.15) is 0 Å². The molecule has 7 heteroatoms. The Bertz CT molecular complexity index is 698. The molecule has 0 aromatic heterocycles. The predicted molar refractivity (Wildman–Crippen MR) is 97.3 cm³/mol. The zero-order chi connectivity index (χ0) is 17.6. The maximum atomic E-state index is 13.0. The van der Waals surface area contributed by atoms with Gasteiger partial charge in [0.05, 0.1) is 10.6 Å². The van der Waals surface area contributed by atoms with Gasteiger partial charge in [-0.3, -0.25) is 9.69 Å². The number of halogens is 1. The van der Waals surface area contributed by atoms with E-state index in [0.29, 0.717) is 41.4 Å². The Morgan fingerprint density at radius 2 is 2.00 bits per heavy atom. The van der Waals surface area contributed by atoms with Crippen LogP contribution >= 0.6 is 11.6 Å². The van der Waals surface area contributed by atoms with E-state index in [2.05, 4.69) is 10.6 Å². The van der Waals surface area contributed by atoms with Gasteiger partial charge in [0.1, 0.15) is 0 Å². The molecule has 2 bridgehead atoms. The fraction of sp³-hybridized carbons (Fsp3) is 0.556. The Kier molecular flexibility index (Phi) is 4.33. The van der Waals surface area contributed by atoms with Crippen molar-refractivity contribution in [3.05, 3.63) is 28.8 Å². The molecular weight excluding hydrogens is 340 g/mol. The Morgan fingerprint density at radius 3 is 2.64 bits per heavy atom. The quantitative estimate of drug-likeness (QED) is 0.866. The summed E-state index contributed by atoms with van der Waals surface area (Å²) in [4.78, 5) is 28.4. The fourth-order valence-corrected chi connectivity index (χ4v) is 4.46. The number of anilines is 1. The lowest BCUT2D eigenvalue weighted by Gasteiger charge is -2.35. The van der Waals surface area contributed by atoms with E-state index in [4.69, 9.17) is 11.6 Å². The number of nitrogens with zero attached hydrogens (tertiary/aromatic N) is 2. The first kappa shape index (κ1) is 16.7. The highest BCUT2D eigenvalue weighted by atomic mass is 35.5. The molecule has 0 saturated carbocycles. The fourth-order valence-electron chi connectivity index (χ4n) is 4.26. The van der Waals surface area contributed by atoms with E-state index in [9.17, 15) is 9.59 Å². The van der Waals surface area contributed by atoms with Gasteiger partial charge in [0.15, 0.2) is 0 Å². The van der Waals surface area contributed by atoms with Gasteiger partial charge in [-0.25, -0.2) is 4.79 Å². The lowest BCUT2D eigenvalue weighted by atomic mass is 9.98. The van der Waals surface area contributed by atoms with E-state index in [-0.39, 0.29) is 18.0 Å². The Hall–Kier alpha value is -1.79. The molecule has 0 radical (unpaired) electrons. The highest BCUT2D eigenvalue weighted by Crippen LogP contribution is 2.31. The van der Waals surface area contributed by atoms with E-state index < -0.39 is 0 Å². The van der Waals surface area contributed by atoms with Gasteiger partial charge in [-0.1, -0.05) is 11.6 Å². The van der Waals surface area contributed by atoms with Crippen LogP contribution in [0.1, 0.15) is 36.0 Å². The molecule has 0 spiro atoms. The number of nitrogens with one attached hydrogen (secondary N) is 2. The smallest absolute Gasteiger partial charge is 0.321 e. The van der Waals surface area contributed by atoms with Gasteiger partial charge in [0.25, 0.3) is 5.91 Å². The molecule has 25 heavy (non-hydrogen) atoms. The van der Waals surface area contributed by atoms with Crippen molar-refractivity contribution in [2.75, 3.05) is 25.0 Å². The van der Waals surface area contributed by atoms with Crippen molar-refractivity contribution in [2.24, 2.45) is 0 Å². The number of carbonyl (C=O) groups is 2. The van der Waals surface area contributed by atoms with E-state index in [1.165, 1.54) is 12.8 Å². The largest absolute Gasteiger partial charge is 0.339 e. The van der Waals surface area contributed by atoms with Crippen LogP contribution in [0.4, 0.5) is 10.5 Å². The summed E-state index contributed by atoms with van der Waals surface area (Å²) in [7, 11) is 1.86. The number of amides is 3. The SMILES string of the molecule is CN(C(=O)c1cc(N2CCNC2=O)ccc1Cl)C1CC2CCC(C1)N2. The third-order valence-corrected chi connectivity index (χ3v) is 5.99. The zero-order valence-corrected chi connectivity index (χ0v) is 15.1. The maximum absolute atomic E-state index is 13.0. The molecule has 1 aromatic carbocycles. The summed E-state index contributed by atoms with van der Waals surface area (Å²) in [6.07, 6.45) is 4.38. The van der Waals surface area contributed by atoms with Crippen molar-refractivity contribution in [3.63, 3.8) is 0 Å². The average molecular weight is 363 g/mol. The van der Waals surface area contributed by atoms with Crippen LogP contribution in [0.5, 0.6) is 0 Å². The van der Waals surface area contributed by atoms with Crippen LogP contribution in [0.25, 0.3) is 0 Å². The molecule has 3 aliphatic heterocycles. The molecule has 6 nitrogen and oxygen atoms in total. The van der Waals surface area contributed by atoms with Crippen LogP contribution in [-0.2, 0) is 0 Å². The number of hydrogen-bond donors (Lipinski definition) is 2. The van der Waals surface area contributed by atoms with Crippen molar-refractivity contribution >= 4 is 29.2 Å². The summed E-state index contributed by atoms with van der Waals surface area (Å²) in [5.41, 5.74) is 1.17. The average Bonchev–Trinajstić information content (AvgIpc) is 3.19. The second kappa shape index (κ2) is 6.50. The van der Waals surface area contributed by atoms with Gasteiger partial charge in [0.2, 0.25) is 0 Å². The van der Waals surface area contributed by atoms with E-state index in [1.54, 1.807) is 23.1 Å². The normalized spacial score (nSPS) is 28.2. The van der Waals surface area contributed by atoms with Gasteiger partial charge >= 0.3 is 6.03 Å².